The maximum atomic E-state index is 12.8. The standard InChI is InChI=1S/C28H24O6/c1-4-33-24(29)15-20(18-11-7-5-8-12-18)26-22(31-2)17-23(32-3)27-21(16-25(30)34-28(26)27)19-13-9-6-10-14-19/h5-17H,4H2,1-3H3/b20-15-. The third-order valence-corrected chi connectivity index (χ3v) is 5.37. The zero-order valence-electron chi connectivity index (χ0n) is 19.2. The highest BCUT2D eigenvalue weighted by molar-refractivity contribution is 6.08. The van der Waals surface area contributed by atoms with Crippen molar-refractivity contribution in [3.05, 3.63) is 100 Å². The van der Waals surface area contributed by atoms with Gasteiger partial charge in [0.15, 0.2) is 5.58 Å². The van der Waals surface area contributed by atoms with Gasteiger partial charge in [0.1, 0.15) is 11.5 Å². The van der Waals surface area contributed by atoms with Gasteiger partial charge in [0.25, 0.3) is 0 Å². The number of carbonyl (C=O) groups is 1. The number of benzene rings is 3. The van der Waals surface area contributed by atoms with Gasteiger partial charge in [-0.25, -0.2) is 9.59 Å². The van der Waals surface area contributed by atoms with Crippen molar-refractivity contribution in [1.82, 2.24) is 0 Å². The Labute approximate surface area is 197 Å². The summed E-state index contributed by atoms with van der Waals surface area (Å²) in [5.74, 6) is 0.341. The number of hydrogen-bond donors (Lipinski definition) is 0. The number of rotatable bonds is 7. The lowest BCUT2D eigenvalue weighted by Crippen LogP contribution is -2.06. The highest BCUT2D eigenvalue weighted by Crippen LogP contribution is 2.44. The fraction of sp³-hybridized carbons (Fsp3) is 0.143. The average molecular weight is 456 g/mol. The van der Waals surface area contributed by atoms with Crippen LogP contribution in [0.1, 0.15) is 18.1 Å². The summed E-state index contributed by atoms with van der Waals surface area (Å²) >= 11 is 0. The first kappa shape index (κ1) is 22.9. The van der Waals surface area contributed by atoms with E-state index in [1.807, 2.05) is 60.7 Å². The molecule has 0 spiro atoms. The molecule has 0 aliphatic carbocycles. The van der Waals surface area contributed by atoms with Crippen LogP contribution in [-0.4, -0.2) is 26.8 Å². The van der Waals surface area contributed by atoms with Crippen LogP contribution >= 0.6 is 0 Å². The minimum absolute atomic E-state index is 0.227. The van der Waals surface area contributed by atoms with Crippen molar-refractivity contribution in [3.63, 3.8) is 0 Å². The smallest absolute Gasteiger partial charge is 0.336 e. The molecule has 0 saturated heterocycles. The van der Waals surface area contributed by atoms with Crippen LogP contribution in [0.5, 0.6) is 11.5 Å². The second-order valence-electron chi connectivity index (χ2n) is 7.38. The molecule has 4 rings (SSSR count). The molecule has 1 heterocycles. The van der Waals surface area contributed by atoms with Crippen LogP contribution < -0.4 is 15.1 Å². The molecule has 0 unspecified atom stereocenters. The Morgan fingerprint density at radius 2 is 1.56 bits per heavy atom. The maximum Gasteiger partial charge on any atom is 0.336 e. The number of methoxy groups -OCH3 is 2. The van der Waals surface area contributed by atoms with E-state index < -0.39 is 11.6 Å². The van der Waals surface area contributed by atoms with E-state index in [4.69, 9.17) is 18.6 Å². The molecule has 0 amide bonds. The number of hydrogen-bond acceptors (Lipinski definition) is 6. The lowest BCUT2D eigenvalue weighted by Gasteiger charge is -2.18. The van der Waals surface area contributed by atoms with E-state index in [0.29, 0.717) is 33.6 Å². The van der Waals surface area contributed by atoms with E-state index >= 15 is 0 Å². The summed E-state index contributed by atoms with van der Waals surface area (Å²) in [6.07, 6.45) is 1.39. The van der Waals surface area contributed by atoms with Gasteiger partial charge < -0.3 is 18.6 Å². The molecule has 4 aromatic rings. The molecule has 0 bridgehead atoms. The molecule has 0 N–H and O–H groups in total. The predicted molar refractivity (Wildman–Crippen MR) is 131 cm³/mol. The molecule has 3 aromatic carbocycles. The van der Waals surface area contributed by atoms with Crippen LogP contribution in [-0.2, 0) is 9.53 Å². The molecule has 0 atom stereocenters. The van der Waals surface area contributed by atoms with E-state index in [0.717, 1.165) is 11.1 Å². The van der Waals surface area contributed by atoms with Crippen LogP contribution in [0.25, 0.3) is 27.7 Å². The maximum absolute atomic E-state index is 12.8. The number of ether oxygens (including phenoxy) is 3. The molecule has 6 heteroatoms. The summed E-state index contributed by atoms with van der Waals surface area (Å²) in [6, 6.07) is 22.0. The van der Waals surface area contributed by atoms with Crippen LogP contribution in [0.4, 0.5) is 0 Å². The van der Waals surface area contributed by atoms with Crippen LogP contribution in [0.3, 0.4) is 0 Å². The Morgan fingerprint density at radius 1 is 0.912 bits per heavy atom. The van der Waals surface area contributed by atoms with Crippen LogP contribution in [0, 0.1) is 0 Å². The molecule has 0 fully saturated rings. The first-order valence-corrected chi connectivity index (χ1v) is 10.8. The van der Waals surface area contributed by atoms with Crippen molar-refractivity contribution >= 4 is 22.5 Å². The largest absolute Gasteiger partial charge is 0.496 e. The molecule has 0 aliphatic rings. The molecular weight excluding hydrogens is 432 g/mol. The van der Waals surface area contributed by atoms with Crippen molar-refractivity contribution in [2.75, 3.05) is 20.8 Å². The van der Waals surface area contributed by atoms with Crippen molar-refractivity contribution in [2.24, 2.45) is 0 Å². The summed E-state index contributed by atoms with van der Waals surface area (Å²) in [7, 11) is 3.05. The quantitative estimate of drug-likeness (QED) is 0.209. The van der Waals surface area contributed by atoms with Crippen LogP contribution in [0.2, 0.25) is 0 Å². The first-order chi connectivity index (χ1) is 16.6. The summed E-state index contributed by atoms with van der Waals surface area (Å²) in [5, 5.41) is 0.592. The normalized spacial score (nSPS) is 11.3. The molecule has 172 valence electrons. The Balaban J connectivity index is 2.16. The molecule has 6 nitrogen and oxygen atoms in total. The zero-order chi connectivity index (χ0) is 24.1. The summed E-state index contributed by atoms with van der Waals surface area (Å²) in [4.78, 5) is 25.3. The monoisotopic (exact) mass is 456 g/mol. The van der Waals surface area contributed by atoms with Gasteiger partial charge >= 0.3 is 11.6 Å². The summed E-state index contributed by atoms with van der Waals surface area (Å²) < 4.78 is 22.3. The third-order valence-electron chi connectivity index (χ3n) is 5.37. The SMILES string of the molecule is CCOC(=O)/C=C(/c1ccccc1)c1c(OC)cc(OC)c2c(-c3ccccc3)cc(=O)oc12. The van der Waals surface area contributed by atoms with Gasteiger partial charge in [-0.05, 0) is 18.1 Å². The van der Waals surface area contributed by atoms with Crippen molar-refractivity contribution in [1.29, 1.82) is 0 Å². The van der Waals surface area contributed by atoms with Crippen LogP contribution in [0.15, 0.2) is 88.1 Å². The van der Waals surface area contributed by atoms with Gasteiger partial charge in [-0.2, -0.15) is 0 Å². The second kappa shape index (κ2) is 10.1. The molecule has 1 aromatic heterocycles. The molecular formula is C28H24O6. The average Bonchev–Trinajstić information content (AvgIpc) is 2.87. The van der Waals surface area contributed by atoms with E-state index in [1.54, 1.807) is 20.1 Å². The Bertz CT molecular complexity index is 1400. The summed E-state index contributed by atoms with van der Waals surface area (Å²) in [5.41, 5.74) is 2.87. The molecule has 0 radical (unpaired) electrons. The Hall–Kier alpha value is -4.32. The van der Waals surface area contributed by atoms with Gasteiger partial charge in [0.2, 0.25) is 0 Å². The zero-order valence-corrected chi connectivity index (χ0v) is 19.2. The number of carbonyl (C=O) groups excluding carboxylic acids is 1. The van der Waals surface area contributed by atoms with E-state index in [2.05, 4.69) is 0 Å². The van der Waals surface area contributed by atoms with Gasteiger partial charge in [0, 0.05) is 29.3 Å². The fourth-order valence-electron chi connectivity index (χ4n) is 3.93. The highest BCUT2D eigenvalue weighted by Gasteiger charge is 2.24. The predicted octanol–water partition coefficient (Wildman–Crippen LogP) is 5.47. The number of fused-ring (bicyclic) bond motifs is 1. The Morgan fingerprint density at radius 3 is 2.18 bits per heavy atom. The van der Waals surface area contributed by atoms with E-state index in [1.165, 1.54) is 19.3 Å². The molecule has 0 saturated carbocycles. The Kier molecular flexibility index (Phi) is 6.78. The first-order valence-electron chi connectivity index (χ1n) is 10.8. The van der Waals surface area contributed by atoms with Crippen molar-refractivity contribution < 1.29 is 23.4 Å². The lowest BCUT2D eigenvalue weighted by atomic mass is 9.92. The van der Waals surface area contributed by atoms with E-state index in [-0.39, 0.29) is 12.2 Å². The third kappa shape index (κ3) is 4.43. The number of esters is 1. The van der Waals surface area contributed by atoms with Gasteiger partial charge in [-0.15, -0.1) is 0 Å². The summed E-state index contributed by atoms with van der Waals surface area (Å²) in [6.45, 7) is 1.97. The topological polar surface area (TPSA) is 75.0 Å². The van der Waals surface area contributed by atoms with E-state index in [9.17, 15) is 9.59 Å². The minimum atomic E-state index is -0.536. The minimum Gasteiger partial charge on any atom is -0.496 e. The highest BCUT2D eigenvalue weighted by atomic mass is 16.5. The van der Waals surface area contributed by atoms with Crippen molar-refractivity contribution in [3.8, 4) is 22.6 Å². The van der Waals surface area contributed by atoms with Gasteiger partial charge in [-0.1, -0.05) is 60.7 Å². The molecule has 0 aliphatic heterocycles. The molecule has 34 heavy (non-hydrogen) atoms. The van der Waals surface area contributed by atoms with Crippen molar-refractivity contribution in [2.45, 2.75) is 6.92 Å². The van der Waals surface area contributed by atoms with Gasteiger partial charge in [-0.3, -0.25) is 0 Å². The lowest BCUT2D eigenvalue weighted by molar-refractivity contribution is -0.137. The fourth-order valence-corrected chi connectivity index (χ4v) is 3.93. The van der Waals surface area contributed by atoms with Gasteiger partial charge in [0.05, 0.1) is 31.8 Å². The second-order valence-corrected chi connectivity index (χ2v) is 7.38.